The predicted molar refractivity (Wildman–Crippen MR) is 97.6 cm³/mol. The molecule has 0 atom stereocenters. The minimum Gasteiger partial charge on any atom is -0.262 e. The van der Waals surface area contributed by atoms with Gasteiger partial charge in [-0.25, -0.2) is 17.2 Å². The molecule has 0 fully saturated rings. The van der Waals surface area contributed by atoms with Crippen LogP contribution in [0.5, 0.6) is 0 Å². The van der Waals surface area contributed by atoms with Crippen LogP contribution in [0.4, 0.5) is 14.5 Å². The topological polar surface area (TPSA) is 37.4 Å². The highest BCUT2D eigenvalue weighted by molar-refractivity contribution is 7.92. The van der Waals surface area contributed by atoms with Crippen LogP contribution in [0.3, 0.4) is 0 Å². The molecule has 0 bridgehead atoms. The summed E-state index contributed by atoms with van der Waals surface area (Å²) in [6, 6.07) is 16.6. The first-order chi connectivity index (χ1) is 12.4. The zero-order chi connectivity index (χ0) is 18.7. The van der Waals surface area contributed by atoms with Gasteiger partial charge in [0.05, 0.1) is 17.1 Å². The van der Waals surface area contributed by atoms with Crippen molar-refractivity contribution in [2.24, 2.45) is 0 Å². The van der Waals surface area contributed by atoms with E-state index < -0.39 is 21.7 Å². The van der Waals surface area contributed by atoms with Gasteiger partial charge in [0.25, 0.3) is 10.0 Å². The van der Waals surface area contributed by atoms with Crippen molar-refractivity contribution < 1.29 is 17.2 Å². The lowest BCUT2D eigenvalue weighted by atomic mass is 10.2. The number of hydrogen-bond acceptors (Lipinski definition) is 2. The van der Waals surface area contributed by atoms with E-state index in [1.807, 2.05) is 0 Å². The number of hydrogen-bond donors (Lipinski definition) is 0. The normalized spacial score (nSPS) is 11.3. The SMILES string of the molecule is O=S(=O)(c1cccc(F)c1)N(Cc1ccc(Cl)cc1)c1cccc(F)c1. The van der Waals surface area contributed by atoms with Gasteiger partial charge in [0.15, 0.2) is 0 Å². The van der Waals surface area contributed by atoms with Crippen molar-refractivity contribution in [1.82, 2.24) is 0 Å². The Morgan fingerprint density at radius 3 is 2.08 bits per heavy atom. The van der Waals surface area contributed by atoms with Crippen LogP contribution in [0, 0.1) is 11.6 Å². The third-order valence-corrected chi connectivity index (χ3v) is 5.74. The molecular formula is C19H14ClF2NO2S. The minimum atomic E-state index is -4.11. The van der Waals surface area contributed by atoms with E-state index in [0.717, 1.165) is 22.5 Å². The van der Waals surface area contributed by atoms with Crippen molar-refractivity contribution in [3.63, 3.8) is 0 Å². The number of halogens is 3. The molecule has 7 heteroatoms. The highest BCUT2D eigenvalue weighted by Gasteiger charge is 2.26. The van der Waals surface area contributed by atoms with Crippen LogP contribution in [0.1, 0.15) is 5.56 Å². The Morgan fingerprint density at radius 1 is 0.846 bits per heavy atom. The van der Waals surface area contributed by atoms with E-state index in [0.29, 0.717) is 10.6 Å². The van der Waals surface area contributed by atoms with Crippen LogP contribution >= 0.6 is 11.6 Å². The van der Waals surface area contributed by atoms with Crippen LogP contribution in [-0.4, -0.2) is 8.42 Å². The number of benzene rings is 3. The number of anilines is 1. The van der Waals surface area contributed by atoms with E-state index in [4.69, 9.17) is 11.6 Å². The average molecular weight is 394 g/mol. The van der Waals surface area contributed by atoms with Crippen molar-refractivity contribution in [1.29, 1.82) is 0 Å². The smallest absolute Gasteiger partial charge is 0.262 e. The van der Waals surface area contributed by atoms with Crippen LogP contribution in [0.15, 0.2) is 77.7 Å². The Labute approximate surface area is 155 Å². The van der Waals surface area contributed by atoms with Crippen molar-refractivity contribution in [3.8, 4) is 0 Å². The highest BCUT2D eigenvalue weighted by atomic mass is 35.5. The molecule has 0 aliphatic rings. The van der Waals surface area contributed by atoms with Crippen LogP contribution in [0.25, 0.3) is 0 Å². The third-order valence-electron chi connectivity index (χ3n) is 3.72. The van der Waals surface area contributed by atoms with Gasteiger partial charge in [-0.05, 0) is 54.1 Å². The van der Waals surface area contributed by atoms with E-state index in [9.17, 15) is 17.2 Å². The fourth-order valence-electron chi connectivity index (χ4n) is 2.46. The second kappa shape index (κ2) is 7.43. The fourth-order valence-corrected chi connectivity index (χ4v) is 4.06. The van der Waals surface area contributed by atoms with Crippen molar-refractivity contribution in [2.45, 2.75) is 11.4 Å². The molecule has 3 aromatic rings. The highest BCUT2D eigenvalue weighted by Crippen LogP contribution is 2.27. The van der Waals surface area contributed by atoms with Gasteiger partial charge in [-0.15, -0.1) is 0 Å². The van der Waals surface area contributed by atoms with Crippen LogP contribution < -0.4 is 4.31 Å². The first-order valence-electron chi connectivity index (χ1n) is 7.64. The number of rotatable bonds is 5. The molecule has 0 aliphatic heterocycles. The van der Waals surface area contributed by atoms with Crippen molar-refractivity contribution in [3.05, 3.63) is 95.0 Å². The standard InChI is InChI=1S/C19H14ClF2NO2S/c20-15-9-7-14(8-10-15)13-23(18-5-1-3-16(21)11-18)26(24,25)19-6-2-4-17(22)12-19/h1-12H,13H2. The summed E-state index contributed by atoms with van der Waals surface area (Å²) < 4.78 is 54.4. The zero-order valence-corrected chi connectivity index (χ0v) is 15.0. The molecule has 0 saturated carbocycles. The van der Waals surface area contributed by atoms with E-state index in [1.165, 1.54) is 30.3 Å². The molecule has 134 valence electrons. The summed E-state index contributed by atoms with van der Waals surface area (Å²) >= 11 is 5.87. The molecule has 0 spiro atoms. The van der Waals surface area contributed by atoms with Gasteiger partial charge >= 0.3 is 0 Å². The van der Waals surface area contributed by atoms with Crippen molar-refractivity contribution >= 4 is 27.3 Å². The maximum Gasteiger partial charge on any atom is 0.264 e. The van der Waals surface area contributed by atoms with Gasteiger partial charge < -0.3 is 0 Å². The van der Waals surface area contributed by atoms with Gasteiger partial charge in [0.1, 0.15) is 11.6 Å². The monoisotopic (exact) mass is 393 g/mol. The lowest BCUT2D eigenvalue weighted by Crippen LogP contribution is -2.30. The molecule has 0 heterocycles. The molecule has 3 rings (SSSR count). The molecule has 0 aromatic heterocycles. The Bertz CT molecular complexity index is 1020. The van der Waals surface area contributed by atoms with Crippen LogP contribution in [0.2, 0.25) is 5.02 Å². The maximum atomic E-state index is 13.7. The zero-order valence-electron chi connectivity index (χ0n) is 13.4. The first-order valence-corrected chi connectivity index (χ1v) is 9.46. The quantitative estimate of drug-likeness (QED) is 0.610. The van der Waals surface area contributed by atoms with E-state index >= 15 is 0 Å². The average Bonchev–Trinajstić information content (AvgIpc) is 2.61. The summed E-state index contributed by atoms with van der Waals surface area (Å²) in [4.78, 5) is -0.212. The molecule has 3 nitrogen and oxygen atoms in total. The summed E-state index contributed by atoms with van der Waals surface area (Å²) in [6.45, 7) is -0.0561. The summed E-state index contributed by atoms with van der Waals surface area (Å²) in [7, 11) is -4.11. The van der Waals surface area contributed by atoms with E-state index in [1.54, 1.807) is 24.3 Å². The lowest BCUT2D eigenvalue weighted by Gasteiger charge is -2.25. The Morgan fingerprint density at radius 2 is 1.46 bits per heavy atom. The minimum absolute atomic E-state index is 0.0561. The Kier molecular flexibility index (Phi) is 5.25. The molecule has 3 aromatic carbocycles. The first kappa shape index (κ1) is 18.4. The van der Waals surface area contributed by atoms with Gasteiger partial charge in [-0.3, -0.25) is 4.31 Å². The molecular weight excluding hydrogens is 380 g/mol. The van der Waals surface area contributed by atoms with Crippen LogP contribution in [-0.2, 0) is 16.6 Å². The Hall–Kier alpha value is -2.44. The number of sulfonamides is 1. The second-order valence-corrected chi connectivity index (χ2v) is 7.87. The van der Waals surface area contributed by atoms with E-state index in [-0.39, 0.29) is 17.1 Å². The summed E-state index contributed by atoms with van der Waals surface area (Å²) in [6.07, 6.45) is 0. The summed E-state index contributed by atoms with van der Waals surface area (Å²) in [5.74, 6) is -1.24. The molecule has 26 heavy (non-hydrogen) atoms. The number of nitrogens with zero attached hydrogens (tertiary/aromatic N) is 1. The summed E-state index contributed by atoms with van der Waals surface area (Å²) in [5.41, 5.74) is 0.794. The maximum absolute atomic E-state index is 13.7. The third kappa shape index (κ3) is 4.03. The van der Waals surface area contributed by atoms with Gasteiger partial charge in [-0.1, -0.05) is 35.9 Å². The van der Waals surface area contributed by atoms with E-state index in [2.05, 4.69) is 0 Å². The van der Waals surface area contributed by atoms with Gasteiger partial charge in [0.2, 0.25) is 0 Å². The molecule has 0 aliphatic carbocycles. The van der Waals surface area contributed by atoms with Gasteiger partial charge in [-0.2, -0.15) is 0 Å². The lowest BCUT2D eigenvalue weighted by molar-refractivity contribution is 0.585. The molecule has 0 radical (unpaired) electrons. The predicted octanol–water partition coefficient (Wildman–Crippen LogP) is 5.01. The molecule has 0 N–H and O–H groups in total. The van der Waals surface area contributed by atoms with Crippen molar-refractivity contribution in [2.75, 3.05) is 4.31 Å². The van der Waals surface area contributed by atoms with Gasteiger partial charge in [0, 0.05) is 5.02 Å². The molecule has 0 unspecified atom stereocenters. The summed E-state index contributed by atoms with van der Waals surface area (Å²) in [5, 5.41) is 0.513. The largest absolute Gasteiger partial charge is 0.264 e. The molecule has 0 saturated heterocycles. The second-order valence-electron chi connectivity index (χ2n) is 5.58. The molecule has 0 amide bonds. The fraction of sp³-hybridized carbons (Fsp3) is 0.0526. The Balaban J connectivity index is 2.09.